The minimum atomic E-state index is -1.12. The molecule has 0 aromatic heterocycles. The zero-order chi connectivity index (χ0) is 12.3. The highest BCUT2D eigenvalue weighted by Gasteiger charge is 2.06. The Morgan fingerprint density at radius 3 is 2.47 bits per heavy atom. The highest BCUT2D eigenvalue weighted by Crippen LogP contribution is 2.14. The summed E-state index contributed by atoms with van der Waals surface area (Å²) in [4.78, 5) is 0.772. The molecule has 0 heterocycles. The van der Waals surface area contributed by atoms with E-state index in [1.54, 1.807) is 13.0 Å². The standard InChI is InChI=1S/C14H13FOS/c1-11-7-8-12(9-14(11)15)10-17(16)13-5-3-2-4-6-13/h2-9H,10H2,1H3. The van der Waals surface area contributed by atoms with Crippen LogP contribution < -0.4 is 0 Å². The lowest BCUT2D eigenvalue weighted by Crippen LogP contribution is -1.97. The third-order valence-electron chi connectivity index (χ3n) is 2.54. The van der Waals surface area contributed by atoms with Gasteiger partial charge in [-0.15, -0.1) is 0 Å². The van der Waals surface area contributed by atoms with Gasteiger partial charge in [0.2, 0.25) is 0 Å². The summed E-state index contributed by atoms with van der Waals surface area (Å²) in [7, 11) is -1.12. The highest BCUT2D eigenvalue weighted by atomic mass is 32.2. The Balaban J connectivity index is 2.16. The maximum Gasteiger partial charge on any atom is 0.126 e. The summed E-state index contributed by atoms with van der Waals surface area (Å²) < 4.78 is 25.3. The molecule has 0 aliphatic rings. The first-order chi connectivity index (χ1) is 8.16. The normalized spacial score (nSPS) is 12.4. The number of benzene rings is 2. The van der Waals surface area contributed by atoms with Gasteiger partial charge in [-0.3, -0.25) is 4.21 Å². The fourth-order valence-corrected chi connectivity index (χ4v) is 2.64. The van der Waals surface area contributed by atoms with Crippen LogP contribution in [0.15, 0.2) is 53.4 Å². The SMILES string of the molecule is Cc1ccc(CS(=O)c2ccccc2)cc1F. The topological polar surface area (TPSA) is 17.1 Å². The Morgan fingerprint density at radius 1 is 1.12 bits per heavy atom. The smallest absolute Gasteiger partial charge is 0.126 e. The molecule has 0 aliphatic heterocycles. The van der Waals surface area contributed by atoms with E-state index >= 15 is 0 Å². The Kier molecular flexibility index (Phi) is 3.69. The molecule has 17 heavy (non-hydrogen) atoms. The molecule has 88 valence electrons. The average molecular weight is 248 g/mol. The molecule has 2 aromatic carbocycles. The van der Waals surface area contributed by atoms with Gasteiger partial charge in [-0.2, -0.15) is 0 Å². The van der Waals surface area contributed by atoms with E-state index in [0.29, 0.717) is 11.3 Å². The minimum Gasteiger partial charge on any atom is -0.254 e. The van der Waals surface area contributed by atoms with E-state index in [9.17, 15) is 8.60 Å². The van der Waals surface area contributed by atoms with Gasteiger partial charge in [0.15, 0.2) is 0 Å². The first-order valence-corrected chi connectivity index (χ1v) is 6.67. The van der Waals surface area contributed by atoms with Crippen LogP contribution in [0.1, 0.15) is 11.1 Å². The molecule has 0 fully saturated rings. The van der Waals surface area contributed by atoms with E-state index < -0.39 is 10.8 Å². The Hall–Kier alpha value is -1.48. The Bertz CT molecular complexity index is 537. The quantitative estimate of drug-likeness (QED) is 0.813. The van der Waals surface area contributed by atoms with Crippen molar-refractivity contribution in [2.45, 2.75) is 17.6 Å². The van der Waals surface area contributed by atoms with Crippen LogP contribution in [0.5, 0.6) is 0 Å². The molecule has 0 amide bonds. The van der Waals surface area contributed by atoms with Crippen molar-refractivity contribution in [3.05, 3.63) is 65.5 Å². The van der Waals surface area contributed by atoms with E-state index in [4.69, 9.17) is 0 Å². The zero-order valence-electron chi connectivity index (χ0n) is 9.52. The van der Waals surface area contributed by atoms with Crippen molar-refractivity contribution < 1.29 is 8.60 Å². The monoisotopic (exact) mass is 248 g/mol. The third kappa shape index (κ3) is 3.01. The van der Waals surface area contributed by atoms with Crippen LogP contribution in [0.25, 0.3) is 0 Å². The molecule has 0 radical (unpaired) electrons. The second-order valence-corrected chi connectivity index (χ2v) is 5.34. The molecule has 0 saturated carbocycles. The summed E-state index contributed by atoms with van der Waals surface area (Å²) in [6.45, 7) is 1.72. The van der Waals surface area contributed by atoms with Crippen LogP contribution in [0.2, 0.25) is 0 Å². The summed E-state index contributed by atoms with van der Waals surface area (Å²) in [6.07, 6.45) is 0. The van der Waals surface area contributed by atoms with E-state index in [0.717, 1.165) is 10.5 Å². The maximum atomic E-state index is 13.3. The van der Waals surface area contributed by atoms with Crippen LogP contribution in [0.3, 0.4) is 0 Å². The van der Waals surface area contributed by atoms with Gasteiger partial charge in [-0.05, 0) is 36.2 Å². The molecule has 0 saturated heterocycles. The second-order valence-electron chi connectivity index (χ2n) is 3.89. The maximum absolute atomic E-state index is 13.3. The molecule has 0 aliphatic carbocycles. The van der Waals surface area contributed by atoms with E-state index in [1.165, 1.54) is 6.07 Å². The lowest BCUT2D eigenvalue weighted by Gasteiger charge is -2.04. The first kappa shape index (κ1) is 12.0. The number of hydrogen-bond donors (Lipinski definition) is 0. The average Bonchev–Trinajstić information content (AvgIpc) is 2.35. The van der Waals surface area contributed by atoms with Crippen LogP contribution >= 0.6 is 0 Å². The third-order valence-corrected chi connectivity index (χ3v) is 3.93. The molecule has 1 unspecified atom stereocenters. The van der Waals surface area contributed by atoms with Crippen molar-refractivity contribution in [1.82, 2.24) is 0 Å². The predicted octanol–water partition coefficient (Wildman–Crippen LogP) is 3.44. The van der Waals surface area contributed by atoms with Crippen molar-refractivity contribution in [1.29, 1.82) is 0 Å². The van der Waals surface area contributed by atoms with Crippen LogP contribution in [0, 0.1) is 12.7 Å². The molecular weight excluding hydrogens is 235 g/mol. The summed E-state index contributed by atoms with van der Waals surface area (Å²) in [5.74, 6) is 0.105. The Labute approximate surface area is 103 Å². The van der Waals surface area contributed by atoms with E-state index in [2.05, 4.69) is 0 Å². The summed E-state index contributed by atoms with van der Waals surface area (Å²) in [5, 5.41) is 0. The molecule has 2 aromatic rings. The summed E-state index contributed by atoms with van der Waals surface area (Å²) in [5.41, 5.74) is 1.37. The fourth-order valence-electron chi connectivity index (χ4n) is 1.53. The molecule has 0 bridgehead atoms. The van der Waals surface area contributed by atoms with Crippen molar-refractivity contribution in [2.24, 2.45) is 0 Å². The lowest BCUT2D eigenvalue weighted by molar-refractivity contribution is 0.617. The van der Waals surface area contributed by atoms with Gasteiger partial charge in [0.05, 0.1) is 16.6 Å². The van der Waals surface area contributed by atoms with Crippen molar-refractivity contribution >= 4 is 10.8 Å². The van der Waals surface area contributed by atoms with Gasteiger partial charge in [0.25, 0.3) is 0 Å². The number of aryl methyl sites for hydroxylation is 1. The predicted molar refractivity (Wildman–Crippen MR) is 67.7 cm³/mol. The number of hydrogen-bond acceptors (Lipinski definition) is 1. The van der Waals surface area contributed by atoms with Gasteiger partial charge < -0.3 is 0 Å². The zero-order valence-corrected chi connectivity index (χ0v) is 10.3. The molecular formula is C14H13FOS. The fraction of sp³-hybridized carbons (Fsp3) is 0.143. The number of rotatable bonds is 3. The lowest BCUT2D eigenvalue weighted by atomic mass is 10.2. The number of halogens is 1. The molecule has 3 heteroatoms. The van der Waals surface area contributed by atoms with Crippen LogP contribution in [-0.4, -0.2) is 4.21 Å². The molecule has 0 spiro atoms. The highest BCUT2D eigenvalue weighted by molar-refractivity contribution is 7.84. The van der Waals surface area contributed by atoms with Gasteiger partial charge in [0, 0.05) is 4.90 Å². The molecule has 0 N–H and O–H groups in total. The van der Waals surface area contributed by atoms with Gasteiger partial charge in [-0.25, -0.2) is 4.39 Å². The van der Waals surface area contributed by atoms with Crippen LogP contribution in [-0.2, 0) is 16.6 Å². The van der Waals surface area contributed by atoms with Crippen molar-refractivity contribution in [2.75, 3.05) is 0 Å². The van der Waals surface area contributed by atoms with Gasteiger partial charge in [-0.1, -0.05) is 30.3 Å². The van der Waals surface area contributed by atoms with E-state index in [1.807, 2.05) is 36.4 Å². The second kappa shape index (κ2) is 5.23. The molecule has 1 nitrogen and oxygen atoms in total. The van der Waals surface area contributed by atoms with Crippen molar-refractivity contribution in [3.8, 4) is 0 Å². The molecule has 2 rings (SSSR count). The summed E-state index contributed by atoms with van der Waals surface area (Å²) >= 11 is 0. The minimum absolute atomic E-state index is 0.243. The summed E-state index contributed by atoms with van der Waals surface area (Å²) in [6, 6.07) is 14.2. The van der Waals surface area contributed by atoms with E-state index in [-0.39, 0.29) is 5.82 Å². The van der Waals surface area contributed by atoms with Gasteiger partial charge in [0.1, 0.15) is 5.82 Å². The Morgan fingerprint density at radius 2 is 1.82 bits per heavy atom. The van der Waals surface area contributed by atoms with Crippen molar-refractivity contribution in [3.63, 3.8) is 0 Å². The molecule has 1 atom stereocenters. The van der Waals surface area contributed by atoms with Gasteiger partial charge >= 0.3 is 0 Å². The first-order valence-electron chi connectivity index (χ1n) is 5.35. The largest absolute Gasteiger partial charge is 0.254 e. The van der Waals surface area contributed by atoms with Crippen LogP contribution in [0.4, 0.5) is 4.39 Å².